The van der Waals surface area contributed by atoms with Gasteiger partial charge in [0.05, 0.1) is 22.0 Å². The van der Waals surface area contributed by atoms with Crippen molar-refractivity contribution in [3.63, 3.8) is 0 Å². The largest absolute Gasteiger partial charge is 3.00 e. The van der Waals surface area contributed by atoms with Gasteiger partial charge in [-0.25, -0.2) is 0 Å². The molecule has 15 heteroatoms. The number of para-hydroxylation sites is 1. The Bertz CT molecular complexity index is 2190. The van der Waals surface area contributed by atoms with E-state index in [-0.39, 0.29) is 58.7 Å². The summed E-state index contributed by atoms with van der Waals surface area (Å²) in [4.78, 5) is 22.6. The number of nitrogens with zero attached hydrogens (tertiary/aromatic N) is 7. The fourth-order valence-electron chi connectivity index (χ4n) is 4.17. The fraction of sp³-hybridized carbons (Fsp3) is 0.0312. The predicted octanol–water partition coefficient (Wildman–Crippen LogP) is 6.67. The molecule has 1 heterocycles. The third kappa shape index (κ3) is 7.89. The molecule has 47 heavy (non-hydrogen) atoms. The van der Waals surface area contributed by atoms with Crippen LogP contribution in [0.3, 0.4) is 0 Å². The third-order valence-electron chi connectivity index (χ3n) is 6.44. The molecule has 13 nitrogen and oxygen atoms in total. The Morgan fingerprint density at radius 1 is 0.745 bits per heavy atom. The minimum Gasteiger partial charge on any atom is -0.871 e. The smallest absolute Gasteiger partial charge is 0.871 e. The van der Waals surface area contributed by atoms with Crippen LogP contribution in [0.25, 0.3) is 16.5 Å². The maximum Gasteiger partial charge on any atom is 3.00 e. The Hall–Kier alpha value is -5.81. The van der Waals surface area contributed by atoms with Gasteiger partial charge in [-0.05, 0) is 29.7 Å². The molecule has 0 fully saturated rings. The molecule has 0 saturated carbocycles. The average molecular weight is 687 g/mol. The number of benzene rings is 5. The predicted molar refractivity (Wildman–Crippen MR) is 166 cm³/mol. The van der Waals surface area contributed by atoms with Crippen LogP contribution in [0, 0.1) is 17.0 Å². The van der Waals surface area contributed by atoms with E-state index in [1.165, 1.54) is 28.9 Å². The van der Waals surface area contributed by atoms with Gasteiger partial charge in [-0.15, -0.1) is 10.8 Å². The topological polar surface area (TPSA) is 198 Å². The van der Waals surface area contributed by atoms with E-state index in [0.717, 1.165) is 23.6 Å². The van der Waals surface area contributed by atoms with E-state index in [1.54, 1.807) is 43.3 Å². The maximum absolute atomic E-state index is 12.4. The number of nitro groups is 1. The van der Waals surface area contributed by atoms with E-state index in [2.05, 4.69) is 25.6 Å². The van der Waals surface area contributed by atoms with E-state index in [0.29, 0.717) is 21.8 Å². The SMILES string of the molecule is Cc1[n-]n(-c2ccccc2)c(=O)c1N=Nc1cc([N+](=O)[O-])ccc1[O-].[Cr+3].[H+].[O-]c1ccc(Cl)cc1N=Nc1c([O-])ccc2ccccc12. The third-order valence-corrected chi connectivity index (χ3v) is 6.68. The van der Waals surface area contributed by atoms with Crippen molar-refractivity contribution in [1.29, 1.82) is 0 Å². The van der Waals surface area contributed by atoms with Crippen LogP contribution in [-0.4, -0.2) is 9.61 Å². The number of fused-ring (bicyclic) bond motifs is 1. The zero-order valence-electron chi connectivity index (χ0n) is 25.2. The Morgan fingerprint density at radius 3 is 2.04 bits per heavy atom. The van der Waals surface area contributed by atoms with Crippen LogP contribution in [0.1, 0.15) is 7.12 Å². The molecule has 1 aromatic heterocycles. The molecule has 0 N–H and O–H groups in total. The second-order valence-corrected chi connectivity index (χ2v) is 9.98. The Labute approximate surface area is 283 Å². The van der Waals surface area contributed by atoms with Crippen LogP contribution in [0.15, 0.2) is 128 Å². The molecule has 233 valence electrons. The van der Waals surface area contributed by atoms with Crippen molar-refractivity contribution >= 4 is 50.8 Å². The quantitative estimate of drug-likeness (QED) is 0.106. The summed E-state index contributed by atoms with van der Waals surface area (Å²) in [6.07, 6.45) is 0. The summed E-state index contributed by atoms with van der Waals surface area (Å²) in [6, 6.07) is 26.6. The first-order chi connectivity index (χ1) is 22.1. The number of azo groups is 2. The summed E-state index contributed by atoms with van der Waals surface area (Å²) in [7, 11) is 0. The molecule has 6 rings (SSSR count). The van der Waals surface area contributed by atoms with Gasteiger partial charge >= 0.3 is 18.8 Å². The summed E-state index contributed by atoms with van der Waals surface area (Å²) < 4.78 is 1.18. The zero-order valence-corrected chi connectivity index (χ0v) is 26.2. The number of aryl methyl sites for hydroxylation is 1. The summed E-state index contributed by atoms with van der Waals surface area (Å²) >= 11 is 5.82. The van der Waals surface area contributed by atoms with E-state index in [9.17, 15) is 30.2 Å². The van der Waals surface area contributed by atoms with Gasteiger partial charge in [0, 0.05) is 28.2 Å². The Balaban J connectivity index is 0.000000253. The zero-order chi connectivity index (χ0) is 32.8. The van der Waals surface area contributed by atoms with Crippen LogP contribution in [0.5, 0.6) is 17.2 Å². The molecule has 0 aliphatic carbocycles. The average Bonchev–Trinajstić information content (AvgIpc) is 3.34. The van der Waals surface area contributed by atoms with Crippen LogP contribution >= 0.6 is 11.6 Å². The molecule has 5 aromatic carbocycles. The number of hydrogen-bond acceptors (Lipinski definition) is 10. The molecule has 0 bridgehead atoms. The molecule has 0 saturated heterocycles. The van der Waals surface area contributed by atoms with E-state index >= 15 is 0 Å². The molecule has 0 aliphatic heterocycles. The second kappa shape index (κ2) is 15.0. The monoisotopic (exact) mass is 686 g/mol. The van der Waals surface area contributed by atoms with Crippen LogP contribution in [-0.2, 0) is 17.4 Å². The summed E-state index contributed by atoms with van der Waals surface area (Å²) in [5, 5.41) is 67.5. The number of non-ortho nitro benzene ring substituents is 1. The van der Waals surface area contributed by atoms with Crippen LogP contribution in [0.4, 0.5) is 28.4 Å². The van der Waals surface area contributed by atoms with Crippen LogP contribution < -0.4 is 26.0 Å². The van der Waals surface area contributed by atoms with Gasteiger partial charge in [-0.1, -0.05) is 103 Å². The molecular weight excluding hydrogens is 666 g/mol. The van der Waals surface area contributed by atoms with Gasteiger partial charge in [0.1, 0.15) is 5.69 Å². The molecule has 0 aliphatic rings. The van der Waals surface area contributed by atoms with Crippen molar-refractivity contribution in [1.82, 2.24) is 9.78 Å². The minimum absolute atomic E-state index is 0. The summed E-state index contributed by atoms with van der Waals surface area (Å²) in [6.45, 7) is 1.58. The molecule has 0 amide bonds. The summed E-state index contributed by atoms with van der Waals surface area (Å²) in [5.41, 5.74) is 0.183. The molecule has 0 unspecified atom stereocenters. The van der Waals surface area contributed by atoms with Crippen molar-refractivity contribution in [2.45, 2.75) is 6.92 Å². The molecule has 0 atom stereocenters. The van der Waals surface area contributed by atoms with Gasteiger partial charge in [0.15, 0.2) is 0 Å². The molecule has 0 spiro atoms. The van der Waals surface area contributed by atoms with Crippen molar-refractivity contribution in [2.24, 2.45) is 20.5 Å². The van der Waals surface area contributed by atoms with Crippen molar-refractivity contribution in [2.75, 3.05) is 0 Å². The normalized spacial score (nSPS) is 10.9. The van der Waals surface area contributed by atoms with Gasteiger partial charge < -0.3 is 25.1 Å². The maximum atomic E-state index is 12.4. The van der Waals surface area contributed by atoms with E-state index in [1.807, 2.05) is 24.3 Å². The molecule has 6 aromatic rings. The fourth-order valence-corrected chi connectivity index (χ4v) is 4.34. The minimum atomic E-state index is -0.643. The number of halogens is 1. The van der Waals surface area contributed by atoms with Crippen molar-refractivity contribution in [3.8, 4) is 22.9 Å². The van der Waals surface area contributed by atoms with Gasteiger partial charge in [0.25, 0.3) is 11.2 Å². The summed E-state index contributed by atoms with van der Waals surface area (Å²) in [5.74, 6) is -1.07. The van der Waals surface area contributed by atoms with Gasteiger partial charge in [-0.2, -0.15) is 15.3 Å². The molecule has 1 radical (unpaired) electrons. The standard InChI is InChI=1S/C16H11ClN2O2.C16H13N5O4.Cr/c17-11-6-8-14(20)13(9-11)18-19-16-12-4-2-1-3-10(12)5-7-15(16)21;1-10-15(16(23)20(19-10)11-5-3-2-4-6-11)18-17-13-9-12(21(24)25)7-8-14(13)22;/h1-9,20-21H;2-9H,1H3,(H2,17,18,19,22,23);/q;;+3/p-3. The van der Waals surface area contributed by atoms with Crippen molar-refractivity contribution in [3.05, 3.63) is 134 Å². The van der Waals surface area contributed by atoms with E-state index < -0.39 is 16.2 Å². The number of rotatable bonds is 6. The Morgan fingerprint density at radius 2 is 1.34 bits per heavy atom. The van der Waals surface area contributed by atoms with E-state index in [4.69, 9.17) is 11.6 Å². The first kappa shape index (κ1) is 34.1. The first-order valence-corrected chi connectivity index (χ1v) is 13.8. The molecular formula is C32H21ClCrN7O6. The van der Waals surface area contributed by atoms with Gasteiger partial charge in [0.2, 0.25) is 0 Å². The van der Waals surface area contributed by atoms with Crippen molar-refractivity contribution < 1.29 is 39.0 Å². The second-order valence-electron chi connectivity index (χ2n) is 9.54. The Kier molecular flexibility index (Phi) is 10.9. The number of aromatic nitrogens is 2. The van der Waals surface area contributed by atoms with Gasteiger partial charge in [-0.3, -0.25) is 14.9 Å². The van der Waals surface area contributed by atoms with Crippen LogP contribution in [0.2, 0.25) is 5.02 Å². The number of hydrogen-bond donors (Lipinski definition) is 0. The number of nitro benzene ring substituents is 1. The first-order valence-electron chi connectivity index (χ1n) is 13.4.